The van der Waals surface area contributed by atoms with Crippen LogP contribution in [0.25, 0.3) is 0 Å². The highest BCUT2D eigenvalue weighted by atomic mass is 32.2. The number of aryl methyl sites for hydroxylation is 1. The summed E-state index contributed by atoms with van der Waals surface area (Å²) in [5.74, 6) is 1.68. The van der Waals surface area contributed by atoms with Gasteiger partial charge in [0.1, 0.15) is 15.8 Å². The van der Waals surface area contributed by atoms with E-state index in [1.165, 1.54) is 36.6 Å². The number of ether oxygens (including phenoxy) is 1. The number of nitrogens with zero attached hydrogens (tertiary/aromatic N) is 1. The molecule has 0 radical (unpaired) electrons. The number of carbonyl (C=O) groups is 2. The summed E-state index contributed by atoms with van der Waals surface area (Å²) in [5, 5.41) is 2.48. The van der Waals surface area contributed by atoms with Crippen molar-refractivity contribution in [1.29, 1.82) is 0 Å². The average molecular weight is 499 g/mol. The van der Waals surface area contributed by atoms with Crippen molar-refractivity contribution in [2.24, 2.45) is 5.92 Å². The van der Waals surface area contributed by atoms with Crippen LogP contribution in [0.15, 0.2) is 48.5 Å². The Kier molecular flexibility index (Phi) is 9.96. The van der Waals surface area contributed by atoms with E-state index in [0.29, 0.717) is 23.3 Å². The third kappa shape index (κ3) is 7.84. The van der Waals surface area contributed by atoms with E-state index in [1.807, 2.05) is 50.2 Å². The maximum Gasteiger partial charge on any atom is 0.242 e. The zero-order valence-electron chi connectivity index (χ0n) is 20.2. The lowest BCUT2D eigenvalue weighted by Gasteiger charge is -2.17. The molecule has 2 aromatic rings. The van der Waals surface area contributed by atoms with Crippen LogP contribution in [0.1, 0.15) is 57.6 Å². The van der Waals surface area contributed by atoms with Crippen molar-refractivity contribution in [2.45, 2.75) is 64.7 Å². The van der Waals surface area contributed by atoms with Crippen LogP contribution < -0.4 is 10.1 Å². The van der Waals surface area contributed by atoms with Gasteiger partial charge in [-0.15, -0.1) is 0 Å². The van der Waals surface area contributed by atoms with Crippen LogP contribution in [0.2, 0.25) is 0 Å². The van der Waals surface area contributed by atoms with Crippen LogP contribution in [0, 0.1) is 5.92 Å². The normalized spacial score (nSPS) is 15.8. The van der Waals surface area contributed by atoms with Gasteiger partial charge in [-0.3, -0.25) is 14.5 Å². The van der Waals surface area contributed by atoms with Gasteiger partial charge in [0.25, 0.3) is 0 Å². The van der Waals surface area contributed by atoms with Gasteiger partial charge in [0.15, 0.2) is 0 Å². The van der Waals surface area contributed by atoms with Gasteiger partial charge in [-0.05, 0) is 54.2 Å². The Hall–Kier alpha value is -2.38. The molecule has 1 heterocycles. The Balaban J connectivity index is 1.43. The molecule has 0 saturated carbocycles. The molecule has 1 unspecified atom stereocenters. The number of rotatable bonds is 12. The molecule has 0 bridgehead atoms. The summed E-state index contributed by atoms with van der Waals surface area (Å²) in [5.41, 5.74) is 2.30. The lowest BCUT2D eigenvalue weighted by molar-refractivity contribution is -0.129. The summed E-state index contributed by atoms with van der Waals surface area (Å²) in [6.45, 7) is 7.30. The van der Waals surface area contributed by atoms with Gasteiger partial charge in [-0.1, -0.05) is 81.9 Å². The average Bonchev–Trinajstić information content (AvgIpc) is 3.07. The van der Waals surface area contributed by atoms with Crippen LogP contribution >= 0.6 is 24.0 Å². The molecule has 0 aliphatic carbocycles. The Labute approximate surface area is 212 Å². The first-order valence-electron chi connectivity index (χ1n) is 12.0. The first kappa shape index (κ1) is 26.2. The van der Waals surface area contributed by atoms with Crippen molar-refractivity contribution in [3.63, 3.8) is 0 Å². The van der Waals surface area contributed by atoms with E-state index in [-0.39, 0.29) is 18.2 Å². The van der Waals surface area contributed by atoms with E-state index >= 15 is 0 Å². The number of thioether (sulfide) groups is 1. The fourth-order valence-electron chi connectivity index (χ4n) is 3.71. The molecule has 0 spiro atoms. The second-order valence-corrected chi connectivity index (χ2v) is 10.9. The second kappa shape index (κ2) is 12.9. The number of hydrogen-bond donors (Lipinski definition) is 1. The highest BCUT2D eigenvalue weighted by Gasteiger charge is 2.38. The second-order valence-electron chi connectivity index (χ2n) is 9.04. The number of amides is 2. The Morgan fingerprint density at radius 3 is 2.26 bits per heavy atom. The summed E-state index contributed by atoms with van der Waals surface area (Å²) < 4.78 is 6.51. The number of nitrogens with one attached hydrogen (secondary N) is 1. The first-order valence-corrected chi connectivity index (χ1v) is 13.3. The van der Waals surface area contributed by atoms with Gasteiger partial charge in [0.05, 0.1) is 5.25 Å². The molecule has 182 valence electrons. The minimum atomic E-state index is -0.431. The number of benzene rings is 2. The van der Waals surface area contributed by atoms with Crippen molar-refractivity contribution < 1.29 is 14.3 Å². The lowest BCUT2D eigenvalue weighted by atomic mass is 10.1. The largest absolute Gasteiger partial charge is 0.457 e. The summed E-state index contributed by atoms with van der Waals surface area (Å²) in [6, 6.07) is 15.9. The molecule has 1 fully saturated rings. The number of hydrogen-bond acceptors (Lipinski definition) is 5. The lowest BCUT2D eigenvalue weighted by Crippen LogP contribution is -2.36. The van der Waals surface area contributed by atoms with E-state index in [2.05, 4.69) is 24.4 Å². The zero-order chi connectivity index (χ0) is 24.5. The molecule has 7 heteroatoms. The van der Waals surface area contributed by atoms with Crippen LogP contribution in [0.5, 0.6) is 11.5 Å². The highest BCUT2D eigenvalue weighted by Crippen LogP contribution is 2.30. The smallest absolute Gasteiger partial charge is 0.242 e. The Morgan fingerprint density at radius 1 is 1.06 bits per heavy atom. The molecule has 1 aliphatic rings. The van der Waals surface area contributed by atoms with Crippen LogP contribution in [-0.4, -0.2) is 32.8 Å². The number of carbonyl (C=O) groups excluding carboxylic acids is 2. The maximum absolute atomic E-state index is 12.5. The first-order chi connectivity index (χ1) is 16.4. The Morgan fingerprint density at radius 2 is 1.68 bits per heavy atom. The van der Waals surface area contributed by atoms with E-state index in [9.17, 15) is 9.59 Å². The summed E-state index contributed by atoms with van der Waals surface area (Å²) in [7, 11) is 0. The molecule has 5 nitrogen and oxygen atoms in total. The van der Waals surface area contributed by atoms with Gasteiger partial charge in [0, 0.05) is 19.5 Å². The standard InChI is InChI=1S/C27H34N2O3S2/c1-4-5-6-7-20-8-12-22(13-9-20)32-23-14-10-21(11-15-23)17-28-25(30)16-24-26(31)29(18-19(2)3)27(33)34-24/h8-15,19,24H,4-7,16-18H2,1-3H3,(H,28,30). The highest BCUT2D eigenvalue weighted by molar-refractivity contribution is 8.24. The molecule has 1 atom stereocenters. The predicted molar refractivity (Wildman–Crippen MR) is 143 cm³/mol. The third-order valence-electron chi connectivity index (χ3n) is 5.56. The van der Waals surface area contributed by atoms with Crippen LogP contribution in [0.4, 0.5) is 0 Å². The molecule has 1 N–H and O–H groups in total. The molecule has 1 saturated heterocycles. The van der Waals surface area contributed by atoms with Crippen molar-refractivity contribution in [3.05, 3.63) is 59.7 Å². The summed E-state index contributed by atoms with van der Waals surface area (Å²) in [6.07, 6.45) is 4.94. The van der Waals surface area contributed by atoms with Gasteiger partial charge < -0.3 is 10.1 Å². The monoisotopic (exact) mass is 498 g/mol. The Bertz CT molecular complexity index is 974. The third-order valence-corrected chi connectivity index (χ3v) is 7.15. The molecule has 0 aromatic heterocycles. The van der Waals surface area contributed by atoms with Gasteiger partial charge >= 0.3 is 0 Å². The fraction of sp³-hybridized carbons (Fsp3) is 0.444. The zero-order valence-corrected chi connectivity index (χ0v) is 21.8. The summed E-state index contributed by atoms with van der Waals surface area (Å²) >= 11 is 6.63. The van der Waals surface area contributed by atoms with Gasteiger partial charge in [-0.2, -0.15) is 0 Å². The van der Waals surface area contributed by atoms with Crippen LogP contribution in [-0.2, 0) is 22.6 Å². The van der Waals surface area contributed by atoms with Gasteiger partial charge in [-0.25, -0.2) is 0 Å². The molecular formula is C27H34N2O3S2. The molecule has 2 aromatic carbocycles. The molecule has 34 heavy (non-hydrogen) atoms. The van der Waals surface area contributed by atoms with Crippen LogP contribution in [0.3, 0.4) is 0 Å². The molecular weight excluding hydrogens is 464 g/mol. The van der Waals surface area contributed by atoms with Crippen molar-refractivity contribution in [2.75, 3.05) is 6.54 Å². The van der Waals surface area contributed by atoms with E-state index < -0.39 is 5.25 Å². The quantitative estimate of drug-likeness (QED) is 0.283. The van der Waals surface area contributed by atoms with E-state index in [4.69, 9.17) is 17.0 Å². The van der Waals surface area contributed by atoms with Gasteiger partial charge in [0.2, 0.25) is 11.8 Å². The number of unbranched alkanes of at least 4 members (excludes halogenated alkanes) is 2. The van der Waals surface area contributed by atoms with Crippen molar-refractivity contribution in [1.82, 2.24) is 10.2 Å². The molecule has 3 rings (SSSR count). The van der Waals surface area contributed by atoms with E-state index in [1.54, 1.807) is 4.90 Å². The SMILES string of the molecule is CCCCCc1ccc(Oc2ccc(CNC(=O)CC3SC(=S)N(CC(C)C)C3=O)cc2)cc1. The minimum absolute atomic E-state index is 0.0608. The van der Waals surface area contributed by atoms with Crippen molar-refractivity contribution in [3.8, 4) is 11.5 Å². The maximum atomic E-state index is 12.5. The predicted octanol–water partition coefficient (Wildman–Crippen LogP) is 6.10. The summed E-state index contributed by atoms with van der Waals surface area (Å²) in [4.78, 5) is 26.6. The number of thiocarbonyl (C=S) groups is 1. The van der Waals surface area contributed by atoms with Crippen molar-refractivity contribution >= 4 is 40.1 Å². The topological polar surface area (TPSA) is 58.6 Å². The van der Waals surface area contributed by atoms with E-state index in [0.717, 1.165) is 23.5 Å². The molecule has 1 aliphatic heterocycles. The molecule has 2 amide bonds. The fourth-order valence-corrected chi connectivity index (χ4v) is 5.22. The minimum Gasteiger partial charge on any atom is -0.457 e.